The molecule has 0 aliphatic heterocycles. The Morgan fingerprint density at radius 3 is 1.87 bits per heavy atom. The van der Waals surface area contributed by atoms with E-state index in [1.165, 1.54) is 4.46 Å². The Labute approximate surface area is 91.0 Å². The average molecular weight is 285 g/mol. The zero-order valence-electron chi connectivity index (χ0n) is 8.17. The first-order chi connectivity index (χ1) is 6.84. The van der Waals surface area contributed by atoms with E-state index in [4.69, 9.17) is 0 Å². The normalized spacial score (nSPS) is 12.3. The molecule has 6 heteroatoms. The van der Waals surface area contributed by atoms with Crippen molar-refractivity contribution in [1.29, 1.82) is 0 Å². The second-order valence-corrected chi connectivity index (χ2v) is 6.56. The zero-order valence-corrected chi connectivity index (χ0v) is 9.88. The smallest absolute Gasteiger partial charge is 0.418 e. The van der Waals surface area contributed by atoms with E-state index in [-0.39, 0.29) is 0 Å². The van der Waals surface area contributed by atoms with Crippen molar-refractivity contribution in [2.45, 2.75) is 5.82 Å². The molecule has 1 atom stereocenters. The van der Waals surface area contributed by atoms with Gasteiger partial charge in [0, 0.05) is 0 Å². The SMILES string of the molecule is C=C[Se+](C)c1ccccc1.F[B-](F)(F)F. The summed E-state index contributed by atoms with van der Waals surface area (Å²) in [4.78, 5) is 2.08. The van der Waals surface area contributed by atoms with Crippen LogP contribution in [-0.4, -0.2) is 21.2 Å². The molecule has 1 aromatic carbocycles. The van der Waals surface area contributed by atoms with Gasteiger partial charge in [-0.3, -0.25) is 0 Å². The first-order valence-corrected chi connectivity index (χ1v) is 7.60. The van der Waals surface area contributed by atoms with Crippen molar-refractivity contribution in [3.8, 4) is 0 Å². The fraction of sp³-hybridized carbons (Fsp3) is 0.111. The van der Waals surface area contributed by atoms with E-state index in [1.54, 1.807) is 0 Å². The minimum atomic E-state index is -6.00. The molecule has 1 rings (SSSR count). The second kappa shape index (κ2) is 6.69. The van der Waals surface area contributed by atoms with Crippen LogP contribution in [0.3, 0.4) is 0 Å². The van der Waals surface area contributed by atoms with Crippen LogP contribution < -0.4 is 4.46 Å². The Kier molecular flexibility index (Phi) is 6.37. The molecule has 1 aromatic rings. The van der Waals surface area contributed by atoms with Crippen LogP contribution in [0.25, 0.3) is 0 Å². The molecule has 84 valence electrons. The van der Waals surface area contributed by atoms with E-state index in [9.17, 15) is 17.3 Å². The molecule has 0 aromatic heterocycles. The molecule has 0 N–H and O–H groups in total. The van der Waals surface area contributed by atoms with E-state index in [0.29, 0.717) is 0 Å². The summed E-state index contributed by atoms with van der Waals surface area (Å²) in [5.74, 6) is 2.27. The first-order valence-electron chi connectivity index (χ1n) is 4.04. The Morgan fingerprint density at radius 1 is 1.13 bits per heavy atom. The molecule has 0 fully saturated rings. The van der Waals surface area contributed by atoms with Crippen molar-refractivity contribution < 1.29 is 17.3 Å². The van der Waals surface area contributed by atoms with Crippen LogP contribution in [-0.2, 0) is 0 Å². The van der Waals surface area contributed by atoms with Crippen molar-refractivity contribution in [3.05, 3.63) is 41.9 Å². The maximum Gasteiger partial charge on any atom is 0.673 e. The van der Waals surface area contributed by atoms with Gasteiger partial charge in [-0.05, 0) is 0 Å². The number of benzene rings is 1. The van der Waals surface area contributed by atoms with Crippen LogP contribution in [0.4, 0.5) is 17.3 Å². The summed E-state index contributed by atoms with van der Waals surface area (Å²) in [5.41, 5.74) is 0. The van der Waals surface area contributed by atoms with Crippen LogP contribution in [0.2, 0.25) is 5.82 Å². The van der Waals surface area contributed by atoms with E-state index in [1.807, 2.05) is 6.07 Å². The molecule has 0 saturated heterocycles. The van der Waals surface area contributed by atoms with Gasteiger partial charge in [0.1, 0.15) is 0 Å². The van der Waals surface area contributed by atoms with Crippen LogP contribution in [0.5, 0.6) is 0 Å². The molecule has 0 spiro atoms. The third-order valence-electron chi connectivity index (χ3n) is 1.36. The third-order valence-corrected chi connectivity index (χ3v) is 4.55. The van der Waals surface area contributed by atoms with Crippen LogP contribution >= 0.6 is 0 Å². The maximum atomic E-state index is 9.75. The number of halogens is 4. The standard InChI is InChI=1S/C9H11Se.BF4/c1-3-10(2)9-7-5-4-6-8-9;2-1(3,4)5/h3-8H,1H2,2H3;/q+1;-1. The summed E-state index contributed by atoms with van der Waals surface area (Å²) in [6.07, 6.45) is 0. The number of hydrogen-bond acceptors (Lipinski definition) is 0. The van der Waals surface area contributed by atoms with E-state index in [0.717, 1.165) is 0 Å². The fourth-order valence-electron chi connectivity index (χ4n) is 0.731. The first kappa shape index (κ1) is 14.3. The molecule has 0 bridgehead atoms. The molecular weight excluding hydrogens is 274 g/mol. The van der Waals surface area contributed by atoms with Gasteiger partial charge >= 0.3 is 73.3 Å². The van der Waals surface area contributed by atoms with Crippen molar-refractivity contribution in [2.24, 2.45) is 0 Å². The van der Waals surface area contributed by atoms with E-state index >= 15 is 0 Å². The molecule has 15 heavy (non-hydrogen) atoms. The Bertz CT molecular complexity index is 280. The zero-order chi connectivity index (χ0) is 11.9. The number of rotatable bonds is 2. The predicted molar refractivity (Wildman–Crippen MR) is 58.1 cm³/mol. The molecular formula is C9H11BF4Se. The molecule has 0 radical (unpaired) electrons. The largest absolute Gasteiger partial charge is 0.673 e. The second-order valence-electron chi connectivity index (χ2n) is 2.53. The molecule has 0 aliphatic carbocycles. The Balaban J connectivity index is 0.000000336. The average Bonchev–Trinajstić information content (AvgIpc) is 2.15. The summed E-state index contributed by atoms with van der Waals surface area (Å²) in [7, 11) is -6.00. The summed E-state index contributed by atoms with van der Waals surface area (Å²) < 4.78 is 40.5. The fourth-order valence-corrected chi connectivity index (χ4v) is 2.37. The Hall–Kier alpha value is -0.736. The molecule has 0 aliphatic rings. The Morgan fingerprint density at radius 2 is 1.53 bits per heavy atom. The van der Waals surface area contributed by atoms with Crippen molar-refractivity contribution in [3.63, 3.8) is 0 Å². The van der Waals surface area contributed by atoms with Crippen LogP contribution in [0.1, 0.15) is 0 Å². The van der Waals surface area contributed by atoms with Gasteiger partial charge in [-0.1, -0.05) is 0 Å². The summed E-state index contributed by atoms with van der Waals surface area (Å²) in [6, 6.07) is 10.6. The van der Waals surface area contributed by atoms with Crippen LogP contribution in [0.15, 0.2) is 41.9 Å². The summed E-state index contributed by atoms with van der Waals surface area (Å²) in [5, 5.41) is 0. The predicted octanol–water partition coefficient (Wildman–Crippen LogP) is 3.04. The molecule has 1 unspecified atom stereocenters. The van der Waals surface area contributed by atoms with Crippen molar-refractivity contribution >= 4 is 25.6 Å². The molecule has 0 heterocycles. The van der Waals surface area contributed by atoms with Gasteiger partial charge in [-0.2, -0.15) is 0 Å². The minimum Gasteiger partial charge on any atom is -0.418 e. The molecule has 0 nitrogen and oxygen atoms in total. The van der Waals surface area contributed by atoms with Gasteiger partial charge in [-0.25, -0.2) is 0 Å². The molecule has 0 saturated carbocycles. The summed E-state index contributed by atoms with van der Waals surface area (Å²) in [6.45, 7) is 3.79. The topological polar surface area (TPSA) is 0 Å². The summed E-state index contributed by atoms with van der Waals surface area (Å²) >= 11 is -0.651. The quantitative estimate of drug-likeness (QED) is 0.578. The van der Waals surface area contributed by atoms with Gasteiger partial charge < -0.3 is 17.3 Å². The third kappa shape index (κ3) is 9.57. The minimum absolute atomic E-state index is 0.651. The van der Waals surface area contributed by atoms with Gasteiger partial charge in [0.25, 0.3) is 0 Å². The van der Waals surface area contributed by atoms with Gasteiger partial charge in [0.2, 0.25) is 0 Å². The van der Waals surface area contributed by atoms with E-state index < -0.39 is 21.2 Å². The molecule has 0 amide bonds. The van der Waals surface area contributed by atoms with Gasteiger partial charge in [0.15, 0.2) is 0 Å². The van der Waals surface area contributed by atoms with Gasteiger partial charge in [-0.15, -0.1) is 0 Å². The van der Waals surface area contributed by atoms with Crippen molar-refractivity contribution in [2.75, 3.05) is 0 Å². The number of hydrogen-bond donors (Lipinski definition) is 0. The van der Waals surface area contributed by atoms with Crippen molar-refractivity contribution in [1.82, 2.24) is 0 Å². The monoisotopic (exact) mass is 286 g/mol. The maximum absolute atomic E-state index is 9.75. The van der Waals surface area contributed by atoms with Crippen LogP contribution in [0, 0.1) is 0 Å². The van der Waals surface area contributed by atoms with Gasteiger partial charge in [0.05, 0.1) is 0 Å². The van der Waals surface area contributed by atoms with E-state index in [2.05, 4.69) is 41.6 Å².